The molecule has 156 valence electrons. The minimum atomic E-state index is -0.132. The van der Waals surface area contributed by atoms with Crippen LogP contribution < -0.4 is 0 Å². The molecular weight excluding hydrogens is 367 g/mol. The summed E-state index contributed by atoms with van der Waals surface area (Å²) in [4.78, 5) is 0. The van der Waals surface area contributed by atoms with E-state index in [0.717, 1.165) is 12.3 Å². The van der Waals surface area contributed by atoms with E-state index in [9.17, 15) is 4.39 Å². The Balaban J connectivity index is 1.22. The molecule has 0 radical (unpaired) electrons. The van der Waals surface area contributed by atoms with Crippen LogP contribution in [-0.2, 0) is 12.8 Å². The van der Waals surface area contributed by atoms with Crippen LogP contribution in [0.25, 0.3) is 0 Å². The highest BCUT2D eigenvalue weighted by Crippen LogP contribution is 2.37. The van der Waals surface area contributed by atoms with Gasteiger partial charge in [0.05, 0.1) is 0 Å². The molecule has 1 heteroatoms. The molecule has 1 atom stereocenters. The molecule has 0 spiro atoms. The second kappa shape index (κ2) is 10.1. The van der Waals surface area contributed by atoms with E-state index >= 15 is 0 Å². The van der Waals surface area contributed by atoms with Crippen molar-refractivity contribution in [3.8, 4) is 0 Å². The maximum atomic E-state index is 13.1. The summed E-state index contributed by atoms with van der Waals surface area (Å²) >= 11 is 0. The molecule has 4 rings (SSSR count). The van der Waals surface area contributed by atoms with Gasteiger partial charge in [0.1, 0.15) is 5.82 Å². The fourth-order valence-electron chi connectivity index (χ4n) is 4.99. The third-order valence-corrected chi connectivity index (χ3v) is 6.96. The van der Waals surface area contributed by atoms with Gasteiger partial charge in [-0.2, -0.15) is 0 Å². The van der Waals surface area contributed by atoms with Crippen molar-refractivity contribution in [2.45, 2.75) is 63.7 Å². The summed E-state index contributed by atoms with van der Waals surface area (Å²) in [5.41, 5.74) is 5.62. The lowest BCUT2D eigenvalue weighted by molar-refractivity contribution is 0.310. The smallest absolute Gasteiger partial charge is 0.123 e. The van der Waals surface area contributed by atoms with Crippen molar-refractivity contribution in [2.24, 2.45) is 5.92 Å². The maximum absolute atomic E-state index is 13.1. The first-order chi connectivity index (χ1) is 14.7. The number of halogens is 1. The van der Waals surface area contributed by atoms with E-state index in [1.54, 1.807) is 12.1 Å². The van der Waals surface area contributed by atoms with E-state index < -0.39 is 0 Å². The number of rotatable bonds is 7. The van der Waals surface area contributed by atoms with Crippen LogP contribution >= 0.6 is 0 Å². The van der Waals surface area contributed by atoms with Gasteiger partial charge >= 0.3 is 0 Å². The Labute approximate surface area is 181 Å². The molecule has 0 heterocycles. The summed E-state index contributed by atoms with van der Waals surface area (Å²) in [5.74, 6) is 1.87. The molecule has 3 aromatic rings. The Bertz CT molecular complexity index is 887. The summed E-state index contributed by atoms with van der Waals surface area (Å²) in [6.07, 6.45) is 8.65. The summed E-state index contributed by atoms with van der Waals surface area (Å²) in [6.45, 7) is 2.31. The van der Waals surface area contributed by atoms with Gasteiger partial charge in [0.2, 0.25) is 0 Å². The highest BCUT2D eigenvalue weighted by molar-refractivity contribution is 5.27. The second-order valence-electron chi connectivity index (χ2n) is 9.14. The Morgan fingerprint density at radius 3 is 2.07 bits per heavy atom. The highest BCUT2D eigenvalue weighted by Gasteiger charge is 2.22. The zero-order chi connectivity index (χ0) is 20.8. The quantitative estimate of drug-likeness (QED) is 0.376. The fraction of sp³-hybridized carbons (Fsp3) is 0.379. The van der Waals surface area contributed by atoms with Crippen molar-refractivity contribution in [1.29, 1.82) is 0 Å². The van der Waals surface area contributed by atoms with E-state index in [1.807, 2.05) is 12.1 Å². The van der Waals surface area contributed by atoms with E-state index in [-0.39, 0.29) is 5.82 Å². The molecule has 1 aliphatic rings. The number of hydrogen-bond acceptors (Lipinski definition) is 0. The Hall–Kier alpha value is -2.41. The minimum absolute atomic E-state index is 0.132. The zero-order valence-corrected chi connectivity index (χ0v) is 18.1. The van der Waals surface area contributed by atoms with Gasteiger partial charge in [0, 0.05) is 0 Å². The van der Waals surface area contributed by atoms with Gasteiger partial charge in [-0.05, 0) is 97.1 Å². The van der Waals surface area contributed by atoms with Crippen LogP contribution in [0.4, 0.5) is 4.39 Å². The van der Waals surface area contributed by atoms with E-state index in [0.29, 0.717) is 11.8 Å². The van der Waals surface area contributed by atoms with Crippen LogP contribution in [0.5, 0.6) is 0 Å². The Morgan fingerprint density at radius 2 is 1.40 bits per heavy atom. The van der Waals surface area contributed by atoms with Gasteiger partial charge in [-0.3, -0.25) is 0 Å². The van der Waals surface area contributed by atoms with Crippen LogP contribution in [0, 0.1) is 11.7 Å². The molecule has 3 aromatic carbocycles. The summed E-state index contributed by atoms with van der Waals surface area (Å²) < 4.78 is 13.1. The average Bonchev–Trinajstić information content (AvgIpc) is 2.80. The summed E-state index contributed by atoms with van der Waals surface area (Å²) in [5, 5.41) is 0. The van der Waals surface area contributed by atoms with Crippen LogP contribution in [0.15, 0.2) is 78.9 Å². The molecule has 0 unspecified atom stereocenters. The molecular formula is C29H33F. The van der Waals surface area contributed by atoms with Gasteiger partial charge in [0.15, 0.2) is 0 Å². The molecule has 0 saturated heterocycles. The molecule has 30 heavy (non-hydrogen) atoms. The van der Waals surface area contributed by atoms with Gasteiger partial charge in [-0.15, -0.1) is 0 Å². The predicted molar refractivity (Wildman–Crippen MR) is 124 cm³/mol. The average molecular weight is 401 g/mol. The molecule has 0 N–H and O–H groups in total. The monoisotopic (exact) mass is 400 g/mol. The standard InChI is InChI=1S/C29H33F/c1-22(26-5-3-2-4-6-26)21-25-11-9-23(10-12-25)7-8-24-13-15-27(16-14-24)28-17-19-29(30)20-18-28/h2-6,9-12,17-20,22,24,27H,7-8,13-16,21H2,1H3/t22-,24?,27?/m0/s1. The molecule has 1 fully saturated rings. The zero-order valence-electron chi connectivity index (χ0n) is 18.1. The number of aryl methyl sites for hydroxylation is 1. The molecule has 0 nitrogen and oxygen atoms in total. The van der Waals surface area contributed by atoms with Gasteiger partial charge in [-0.1, -0.05) is 73.7 Å². The molecule has 1 aliphatic carbocycles. The molecule has 1 saturated carbocycles. The van der Waals surface area contributed by atoms with Crippen LogP contribution in [-0.4, -0.2) is 0 Å². The van der Waals surface area contributed by atoms with Crippen molar-refractivity contribution in [3.63, 3.8) is 0 Å². The van der Waals surface area contributed by atoms with Gasteiger partial charge in [0.25, 0.3) is 0 Å². The first-order valence-corrected chi connectivity index (χ1v) is 11.6. The van der Waals surface area contributed by atoms with Crippen molar-refractivity contribution in [2.75, 3.05) is 0 Å². The second-order valence-corrected chi connectivity index (χ2v) is 9.14. The van der Waals surface area contributed by atoms with E-state index in [1.165, 1.54) is 60.8 Å². The lowest BCUT2D eigenvalue weighted by atomic mass is 9.77. The minimum Gasteiger partial charge on any atom is -0.207 e. The SMILES string of the molecule is C[C@@H](Cc1ccc(CCC2CCC(c3ccc(F)cc3)CC2)cc1)c1ccccc1. The molecule has 0 aromatic heterocycles. The first-order valence-electron chi connectivity index (χ1n) is 11.6. The number of hydrogen-bond donors (Lipinski definition) is 0. The fourth-order valence-corrected chi connectivity index (χ4v) is 4.99. The third-order valence-electron chi connectivity index (χ3n) is 6.96. The summed E-state index contributed by atoms with van der Waals surface area (Å²) in [6, 6.07) is 27.2. The third kappa shape index (κ3) is 5.59. The van der Waals surface area contributed by atoms with Gasteiger partial charge in [-0.25, -0.2) is 4.39 Å². The largest absolute Gasteiger partial charge is 0.207 e. The topological polar surface area (TPSA) is 0 Å². The Morgan fingerprint density at radius 1 is 0.767 bits per heavy atom. The predicted octanol–water partition coefficient (Wildman–Crippen LogP) is 8.08. The molecule has 0 amide bonds. The molecule has 0 bridgehead atoms. The Kier molecular flexibility index (Phi) is 7.00. The van der Waals surface area contributed by atoms with Crippen LogP contribution in [0.3, 0.4) is 0 Å². The normalized spacial score (nSPS) is 20.1. The van der Waals surface area contributed by atoms with E-state index in [4.69, 9.17) is 0 Å². The number of benzene rings is 3. The van der Waals surface area contributed by atoms with Crippen molar-refractivity contribution in [1.82, 2.24) is 0 Å². The van der Waals surface area contributed by atoms with Crippen molar-refractivity contribution >= 4 is 0 Å². The lowest BCUT2D eigenvalue weighted by Crippen LogP contribution is -2.14. The van der Waals surface area contributed by atoms with Crippen LogP contribution in [0.2, 0.25) is 0 Å². The van der Waals surface area contributed by atoms with Crippen molar-refractivity contribution in [3.05, 3.63) is 107 Å². The van der Waals surface area contributed by atoms with Crippen LogP contribution in [0.1, 0.15) is 73.1 Å². The van der Waals surface area contributed by atoms with Crippen molar-refractivity contribution < 1.29 is 4.39 Å². The van der Waals surface area contributed by atoms with Gasteiger partial charge < -0.3 is 0 Å². The molecule has 0 aliphatic heterocycles. The first kappa shape index (κ1) is 20.8. The summed E-state index contributed by atoms with van der Waals surface area (Å²) in [7, 11) is 0. The lowest BCUT2D eigenvalue weighted by Gasteiger charge is -2.29. The van der Waals surface area contributed by atoms with E-state index in [2.05, 4.69) is 61.5 Å². The highest BCUT2D eigenvalue weighted by atomic mass is 19.1. The maximum Gasteiger partial charge on any atom is 0.123 e.